The number of hydrogen-bond donors (Lipinski definition) is 3. The first-order valence-corrected chi connectivity index (χ1v) is 8.02. The molecule has 0 aromatic rings. The summed E-state index contributed by atoms with van der Waals surface area (Å²) < 4.78 is 0. The van der Waals surface area contributed by atoms with Gasteiger partial charge in [-0.25, -0.2) is 0 Å². The van der Waals surface area contributed by atoms with Gasteiger partial charge in [0.05, 0.1) is 12.2 Å². The van der Waals surface area contributed by atoms with Gasteiger partial charge >= 0.3 is 0 Å². The summed E-state index contributed by atoms with van der Waals surface area (Å²) in [5.41, 5.74) is 0. The molecule has 0 bridgehead atoms. The summed E-state index contributed by atoms with van der Waals surface area (Å²) in [4.78, 5) is 6.46. The summed E-state index contributed by atoms with van der Waals surface area (Å²) in [7, 11) is 1.78. The molecule has 0 radical (unpaired) electrons. The van der Waals surface area contributed by atoms with E-state index in [1.807, 2.05) is 0 Å². The molecule has 6 heteroatoms. The minimum atomic E-state index is -0.276. The first kappa shape index (κ1) is 19.0. The Kier molecular flexibility index (Phi) is 8.89. The van der Waals surface area contributed by atoms with E-state index in [4.69, 9.17) is 0 Å². The molecule has 1 atom stereocenters. The average Bonchev–Trinajstić information content (AvgIpc) is 2.50. The van der Waals surface area contributed by atoms with Crippen LogP contribution in [-0.2, 0) is 0 Å². The minimum absolute atomic E-state index is 0. The summed E-state index contributed by atoms with van der Waals surface area (Å²) in [6, 6.07) is 0. The molecule has 0 aromatic heterocycles. The molecule has 1 unspecified atom stereocenters. The smallest absolute Gasteiger partial charge is 0.193 e. The first-order valence-electron chi connectivity index (χ1n) is 8.02. The fourth-order valence-corrected chi connectivity index (χ4v) is 3.29. The van der Waals surface area contributed by atoms with Crippen molar-refractivity contribution in [2.24, 2.45) is 10.9 Å². The zero-order valence-corrected chi connectivity index (χ0v) is 15.3. The second-order valence-electron chi connectivity index (χ2n) is 6.11. The van der Waals surface area contributed by atoms with Gasteiger partial charge in [0.25, 0.3) is 0 Å². The highest BCUT2D eigenvalue weighted by Crippen LogP contribution is 2.26. The fourth-order valence-electron chi connectivity index (χ4n) is 3.29. The zero-order chi connectivity index (χ0) is 14.4. The summed E-state index contributed by atoms with van der Waals surface area (Å²) in [5, 5.41) is 23.1. The topological polar surface area (TPSA) is 68.1 Å². The fraction of sp³-hybridized carbons (Fsp3) is 0.933. The normalized spacial score (nSPS) is 23.6. The Balaban J connectivity index is 0.00000220. The molecule has 1 saturated carbocycles. The van der Waals surface area contributed by atoms with Crippen LogP contribution in [0.3, 0.4) is 0 Å². The number of hydrogen-bond acceptors (Lipinski definition) is 3. The molecular weight excluding hydrogens is 381 g/mol. The molecule has 1 heterocycles. The highest BCUT2D eigenvalue weighted by atomic mass is 127. The molecule has 2 aliphatic rings. The van der Waals surface area contributed by atoms with Gasteiger partial charge in [-0.2, -0.15) is 0 Å². The minimum Gasteiger partial charge on any atom is -0.393 e. The van der Waals surface area contributed by atoms with Crippen LogP contribution in [-0.4, -0.2) is 60.0 Å². The molecule has 0 aromatic carbocycles. The van der Waals surface area contributed by atoms with Crippen molar-refractivity contribution in [3.05, 3.63) is 0 Å². The van der Waals surface area contributed by atoms with Crippen LogP contribution in [0.5, 0.6) is 0 Å². The van der Waals surface area contributed by atoms with Crippen LogP contribution in [0.2, 0.25) is 0 Å². The monoisotopic (exact) mass is 411 g/mol. The third kappa shape index (κ3) is 5.90. The molecule has 124 valence electrons. The van der Waals surface area contributed by atoms with Crippen LogP contribution in [0.15, 0.2) is 4.99 Å². The number of nitrogens with one attached hydrogen (secondary N) is 1. The SMILES string of the molecule is CN=C(NCC(O)C1CCCCC1)N1CCC(O)CC1.I. The Bertz CT molecular complexity index is 314. The molecule has 1 aliphatic heterocycles. The molecule has 3 N–H and O–H groups in total. The van der Waals surface area contributed by atoms with Crippen LogP contribution in [0.25, 0.3) is 0 Å². The summed E-state index contributed by atoms with van der Waals surface area (Å²) >= 11 is 0. The van der Waals surface area contributed by atoms with Gasteiger partial charge < -0.3 is 20.4 Å². The Morgan fingerprint density at radius 1 is 1.19 bits per heavy atom. The lowest BCUT2D eigenvalue weighted by Gasteiger charge is -2.33. The first-order chi connectivity index (χ1) is 9.70. The van der Waals surface area contributed by atoms with E-state index < -0.39 is 0 Å². The number of piperidine rings is 1. The molecule has 0 spiro atoms. The molecule has 1 aliphatic carbocycles. The van der Waals surface area contributed by atoms with Gasteiger partial charge in [0.2, 0.25) is 0 Å². The van der Waals surface area contributed by atoms with E-state index in [0.717, 1.165) is 44.7 Å². The van der Waals surface area contributed by atoms with Gasteiger partial charge in [-0.1, -0.05) is 19.3 Å². The van der Waals surface area contributed by atoms with Crippen molar-refractivity contribution in [1.29, 1.82) is 0 Å². The lowest BCUT2D eigenvalue weighted by Crippen LogP contribution is -2.49. The van der Waals surface area contributed by atoms with Crippen LogP contribution < -0.4 is 5.32 Å². The van der Waals surface area contributed by atoms with Gasteiger partial charge in [0.15, 0.2) is 5.96 Å². The number of nitrogens with zero attached hydrogens (tertiary/aromatic N) is 2. The van der Waals surface area contributed by atoms with E-state index in [-0.39, 0.29) is 36.2 Å². The summed E-state index contributed by atoms with van der Waals surface area (Å²) in [5.74, 6) is 1.30. The average molecular weight is 411 g/mol. The van der Waals surface area contributed by atoms with E-state index in [1.165, 1.54) is 19.3 Å². The Labute approximate surface area is 145 Å². The van der Waals surface area contributed by atoms with Crippen molar-refractivity contribution in [3.63, 3.8) is 0 Å². The van der Waals surface area contributed by atoms with Crippen LogP contribution in [0.1, 0.15) is 44.9 Å². The molecule has 21 heavy (non-hydrogen) atoms. The van der Waals surface area contributed by atoms with Gasteiger partial charge in [-0.15, -0.1) is 24.0 Å². The van der Waals surface area contributed by atoms with Crippen LogP contribution in [0.4, 0.5) is 0 Å². The van der Waals surface area contributed by atoms with Crippen LogP contribution in [0, 0.1) is 5.92 Å². The lowest BCUT2D eigenvalue weighted by atomic mass is 9.85. The third-order valence-electron chi connectivity index (χ3n) is 4.64. The number of likely N-dealkylation sites (tertiary alicyclic amines) is 1. The maximum absolute atomic E-state index is 10.3. The molecular formula is C15H30IN3O2. The number of aliphatic imine (C=N–C) groups is 1. The van der Waals surface area contributed by atoms with E-state index in [2.05, 4.69) is 15.2 Å². The largest absolute Gasteiger partial charge is 0.393 e. The van der Waals surface area contributed by atoms with Crippen LogP contribution >= 0.6 is 24.0 Å². The number of aliphatic hydroxyl groups excluding tert-OH is 2. The zero-order valence-electron chi connectivity index (χ0n) is 13.0. The Morgan fingerprint density at radius 2 is 1.81 bits per heavy atom. The standard InChI is InChI=1S/C15H29N3O2.HI/c1-16-15(18-9-7-13(19)8-10-18)17-11-14(20)12-5-3-2-4-6-12;/h12-14,19-20H,2-11H2,1H3,(H,16,17);1H. The number of aliphatic hydroxyl groups is 2. The van der Waals surface area contributed by atoms with E-state index >= 15 is 0 Å². The van der Waals surface area contributed by atoms with Gasteiger partial charge in [-0.05, 0) is 31.6 Å². The van der Waals surface area contributed by atoms with E-state index in [1.54, 1.807) is 7.05 Å². The van der Waals surface area contributed by atoms with Crippen molar-refractivity contribution in [2.45, 2.75) is 57.2 Å². The van der Waals surface area contributed by atoms with E-state index in [9.17, 15) is 10.2 Å². The van der Waals surface area contributed by atoms with Gasteiger partial charge in [0.1, 0.15) is 0 Å². The van der Waals surface area contributed by atoms with Crippen molar-refractivity contribution in [3.8, 4) is 0 Å². The predicted molar refractivity (Wildman–Crippen MR) is 96.2 cm³/mol. The Morgan fingerprint density at radius 3 is 2.38 bits per heavy atom. The lowest BCUT2D eigenvalue weighted by molar-refractivity contribution is 0.0851. The maximum Gasteiger partial charge on any atom is 0.193 e. The maximum atomic E-state index is 10.3. The van der Waals surface area contributed by atoms with Crippen molar-refractivity contribution < 1.29 is 10.2 Å². The Hall–Kier alpha value is -0.0800. The molecule has 5 nitrogen and oxygen atoms in total. The van der Waals surface area contributed by atoms with Crippen molar-refractivity contribution >= 4 is 29.9 Å². The number of rotatable bonds is 3. The van der Waals surface area contributed by atoms with Gasteiger partial charge in [-0.3, -0.25) is 4.99 Å². The molecule has 1 saturated heterocycles. The second kappa shape index (κ2) is 9.84. The quantitative estimate of drug-likeness (QED) is 0.375. The highest BCUT2D eigenvalue weighted by molar-refractivity contribution is 14.0. The number of guanidine groups is 1. The molecule has 0 amide bonds. The van der Waals surface area contributed by atoms with Crippen molar-refractivity contribution in [1.82, 2.24) is 10.2 Å². The summed E-state index contributed by atoms with van der Waals surface area (Å²) in [6.45, 7) is 2.25. The highest BCUT2D eigenvalue weighted by Gasteiger charge is 2.23. The predicted octanol–water partition coefficient (Wildman–Crippen LogP) is 1.58. The van der Waals surface area contributed by atoms with Gasteiger partial charge in [0, 0.05) is 26.7 Å². The summed E-state index contributed by atoms with van der Waals surface area (Å²) in [6.07, 6.45) is 7.27. The third-order valence-corrected chi connectivity index (χ3v) is 4.64. The molecule has 2 rings (SSSR count). The molecule has 2 fully saturated rings. The van der Waals surface area contributed by atoms with E-state index in [0.29, 0.717) is 12.5 Å². The number of halogens is 1. The van der Waals surface area contributed by atoms with Crippen molar-refractivity contribution in [2.75, 3.05) is 26.7 Å². The second-order valence-corrected chi connectivity index (χ2v) is 6.11.